The van der Waals surface area contributed by atoms with E-state index in [9.17, 15) is 4.79 Å². The molecule has 1 saturated heterocycles. The van der Waals surface area contributed by atoms with Gasteiger partial charge in [-0.25, -0.2) is 0 Å². The van der Waals surface area contributed by atoms with Gasteiger partial charge >= 0.3 is 0 Å². The predicted molar refractivity (Wildman–Crippen MR) is 101 cm³/mol. The van der Waals surface area contributed by atoms with E-state index in [2.05, 4.69) is 25.5 Å². The summed E-state index contributed by atoms with van der Waals surface area (Å²) in [6, 6.07) is 7.69. The lowest BCUT2D eigenvalue weighted by Crippen LogP contribution is -2.40. The smallest absolute Gasteiger partial charge is 0.242 e. The topological polar surface area (TPSA) is 75.9 Å². The Morgan fingerprint density at radius 2 is 1.96 bits per heavy atom. The molecule has 1 fully saturated rings. The summed E-state index contributed by atoms with van der Waals surface area (Å²) in [5.74, 6) is 0.445. The van der Waals surface area contributed by atoms with E-state index in [0.717, 1.165) is 48.0 Å². The summed E-state index contributed by atoms with van der Waals surface area (Å²) in [5.41, 5.74) is 2.89. The molecule has 1 aromatic carbocycles. The van der Waals surface area contributed by atoms with Gasteiger partial charge in [-0.05, 0) is 56.6 Å². The molecular weight excluding hydrogens is 328 g/mol. The van der Waals surface area contributed by atoms with Crippen molar-refractivity contribution in [1.29, 1.82) is 0 Å². The number of anilines is 1. The molecule has 134 valence electrons. The number of carbonyl (C=O) groups excluding carboxylic acids is 1. The number of amides is 1. The number of aryl methyl sites for hydroxylation is 1. The molecule has 2 aromatic heterocycles. The van der Waals surface area contributed by atoms with Crippen molar-refractivity contribution in [2.24, 2.45) is 7.05 Å². The van der Waals surface area contributed by atoms with E-state index in [4.69, 9.17) is 0 Å². The number of benzene rings is 1. The molecule has 7 heteroatoms. The number of nitrogens with zero attached hydrogens (tertiary/aromatic N) is 5. The Morgan fingerprint density at radius 3 is 2.69 bits per heavy atom. The van der Waals surface area contributed by atoms with Crippen molar-refractivity contribution in [3.8, 4) is 11.1 Å². The Morgan fingerprint density at radius 1 is 1.15 bits per heavy atom. The van der Waals surface area contributed by atoms with Gasteiger partial charge in [-0.15, -0.1) is 10.2 Å². The quantitative estimate of drug-likeness (QED) is 0.782. The van der Waals surface area contributed by atoms with Crippen LogP contribution in [0.3, 0.4) is 0 Å². The second-order valence-electron chi connectivity index (χ2n) is 6.81. The standard InChI is InChI=1S/C19H22N6O/c1-13(25-7-3-4-8-25)19(26)21-18-10-15-9-14(5-6-17(15)22-23-18)16-11-20-24(2)12-16/h5-6,9-13H,3-4,7-8H2,1-2H3,(H,21,23,26)/t13-/m1/s1. The van der Waals surface area contributed by atoms with Gasteiger partial charge in [0.15, 0.2) is 5.82 Å². The highest BCUT2D eigenvalue weighted by atomic mass is 16.2. The van der Waals surface area contributed by atoms with E-state index in [-0.39, 0.29) is 11.9 Å². The minimum absolute atomic E-state index is 0.0380. The summed E-state index contributed by atoms with van der Waals surface area (Å²) < 4.78 is 1.77. The first-order valence-corrected chi connectivity index (χ1v) is 8.91. The first kappa shape index (κ1) is 16.7. The van der Waals surface area contributed by atoms with Crippen molar-refractivity contribution in [3.05, 3.63) is 36.7 Å². The number of likely N-dealkylation sites (tertiary alicyclic amines) is 1. The fourth-order valence-corrected chi connectivity index (χ4v) is 3.38. The van der Waals surface area contributed by atoms with E-state index in [1.54, 1.807) is 4.68 Å². The first-order valence-electron chi connectivity index (χ1n) is 8.91. The molecule has 0 unspecified atom stereocenters. The summed E-state index contributed by atoms with van der Waals surface area (Å²) in [7, 11) is 1.89. The normalized spacial score (nSPS) is 16.1. The third kappa shape index (κ3) is 3.30. The van der Waals surface area contributed by atoms with Gasteiger partial charge in [0, 0.05) is 24.2 Å². The second kappa shape index (κ2) is 6.84. The van der Waals surface area contributed by atoms with Crippen molar-refractivity contribution in [3.63, 3.8) is 0 Å². The highest BCUT2D eigenvalue weighted by Crippen LogP contribution is 2.24. The fraction of sp³-hybridized carbons (Fsp3) is 0.368. The number of hydrogen-bond donors (Lipinski definition) is 1. The minimum atomic E-state index is -0.156. The van der Waals surface area contributed by atoms with Gasteiger partial charge in [-0.3, -0.25) is 14.4 Å². The highest BCUT2D eigenvalue weighted by Gasteiger charge is 2.24. The van der Waals surface area contributed by atoms with Crippen LogP contribution >= 0.6 is 0 Å². The molecule has 1 N–H and O–H groups in total. The first-order chi connectivity index (χ1) is 12.6. The van der Waals surface area contributed by atoms with E-state index in [1.807, 2.05) is 50.6 Å². The van der Waals surface area contributed by atoms with Gasteiger partial charge in [-0.1, -0.05) is 6.07 Å². The Kier molecular flexibility index (Phi) is 4.38. The van der Waals surface area contributed by atoms with Crippen LogP contribution in [0.2, 0.25) is 0 Å². The Labute approximate surface area is 152 Å². The van der Waals surface area contributed by atoms with Crippen molar-refractivity contribution in [1.82, 2.24) is 24.9 Å². The van der Waals surface area contributed by atoms with Crippen LogP contribution in [-0.2, 0) is 11.8 Å². The van der Waals surface area contributed by atoms with Gasteiger partial charge in [-0.2, -0.15) is 5.10 Å². The van der Waals surface area contributed by atoms with Crippen molar-refractivity contribution >= 4 is 22.6 Å². The van der Waals surface area contributed by atoms with Gasteiger partial charge in [0.2, 0.25) is 5.91 Å². The molecule has 1 amide bonds. The molecule has 7 nitrogen and oxygen atoms in total. The summed E-state index contributed by atoms with van der Waals surface area (Å²) in [6.07, 6.45) is 6.11. The Bertz CT molecular complexity index is 944. The molecule has 1 aliphatic rings. The van der Waals surface area contributed by atoms with Gasteiger partial charge in [0.1, 0.15) is 0 Å². The molecule has 26 heavy (non-hydrogen) atoms. The average Bonchev–Trinajstić information content (AvgIpc) is 3.32. The highest BCUT2D eigenvalue weighted by molar-refractivity contribution is 5.95. The summed E-state index contributed by atoms with van der Waals surface area (Å²) in [5, 5.41) is 16.4. The molecular formula is C19H22N6O. The van der Waals surface area contributed by atoms with Gasteiger partial charge < -0.3 is 5.32 Å². The summed E-state index contributed by atoms with van der Waals surface area (Å²) >= 11 is 0. The van der Waals surface area contributed by atoms with E-state index in [1.165, 1.54) is 0 Å². The van der Waals surface area contributed by atoms with E-state index >= 15 is 0 Å². The number of nitrogens with one attached hydrogen (secondary N) is 1. The second-order valence-corrected chi connectivity index (χ2v) is 6.81. The van der Waals surface area contributed by atoms with Crippen LogP contribution in [0.15, 0.2) is 36.7 Å². The summed E-state index contributed by atoms with van der Waals surface area (Å²) in [6.45, 7) is 3.90. The van der Waals surface area contributed by atoms with Crippen molar-refractivity contribution < 1.29 is 4.79 Å². The maximum atomic E-state index is 12.5. The molecule has 3 aromatic rings. The number of rotatable bonds is 4. The maximum Gasteiger partial charge on any atom is 0.242 e. The average molecular weight is 350 g/mol. The lowest BCUT2D eigenvalue weighted by Gasteiger charge is -2.22. The van der Waals surface area contributed by atoms with Crippen molar-refractivity contribution in [2.45, 2.75) is 25.8 Å². The van der Waals surface area contributed by atoms with Crippen LogP contribution in [0.1, 0.15) is 19.8 Å². The third-order valence-corrected chi connectivity index (χ3v) is 4.94. The van der Waals surface area contributed by atoms with Gasteiger partial charge in [0.25, 0.3) is 0 Å². The Balaban J connectivity index is 1.57. The molecule has 1 aliphatic heterocycles. The monoisotopic (exact) mass is 350 g/mol. The zero-order valence-electron chi connectivity index (χ0n) is 15.0. The van der Waals surface area contributed by atoms with Crippen molar-refractivity contribution in [2.75, 3.05) is 18.4 Å². The largest absolute Gasteiger partial charge is 0.308 e. The molecule has 0 spiro atoms. The third-order valence-electron chi connectivity index (χ3n) is 4.94. The number of fused-ring (bicyclic) bond motifs is 1. The van der Waals surface area contributed by atoms with Crippen LogP contribution < -0.4 is 5.32 Å². The summed E-state index contributed by atoms with van der Waals surface area (Å²) in [4.78, 5) is 14.7. The fourth-order valence-electron chi connectivity index (χ4n) is 3.38. The lowest BCUT2D eigenvalue weighted by molar-refractivity contribution is -0.120. The molecule has 0 saturated carbocycles. The van der Waals surface area contributed by atoms with E-state index < -0.39 is 0 Å². The van der Waals surface area contributed by atoms with E-state index in [0.29, 0.717) is 5.82 Å². The number of carbonyl (C=O) groups is 1. The Hall–Kier alpha value is -2.80. The number of hydrogen-bond acceptors (Lipinski definition) is 5. The van der Waals surface area contributed by atoms with Crippen LogP contribution in [-0.4, -0.2) is 49.9 Å². The maximum absolute atomic E-state index is 12.5. The number of aromatic nitrogens is 4. The van der Waals surface area contributed by atoms with Crippen LogP contribution in [0, 0.1) is 0 Å². The molecule has 1 atom stereocenters. The molecule has 0 bridgehead atoms. The van der Waals surface area contributed by atoms with Crippen LogP contribution in [0.5, 0.6) is 0 Å². The molecule has 0 aliphatic carbocycles. The lowest BCUT2D eigenvalue weighted by atomic mass is 10.1. The molecule has 0 radical (unpaired) electrons. The minimum Gasteiger partial charge on any atom is -0.308 e. The zero-order chi connectivity index (χ0) is 18.1. The predicted octanol–water partition coefficient (Wildman–Crippen LogP) is 2.45. The molecule has 4 rings (SSSR count). The molecule has 3 heterocycles. The zero-order valence-corrected chi connectivity index (χ0v) is 15.0. The SMILES string of the molecule is C[C@H](C(=O)Nc1cc2cc(-c3cnn(C)c3)ccc2nn1)N1CCCC1. The van der Waals surface area contributed by atoms with Crippen LogP contribution in [0.25, 0.3) is 22.0 Å². The van der Waals surface area contributed by atoms with Gasteiger partial charge in [0.05, 0.1) is 17.8 Å². The van der Waals surface area contributed by atoms with Crippen LogP contribution in [0.4, 0.5) is 5.82 Å².